The molecule has 2 nitrogen and oxygen atoms in total. The summed E-state index contributed by atoms with van der Waals surface area (Å²) in [5, 5.41) is 3.60. The standard InChI is InChI=1S/C15H23NO/c1-11-8-12(2)15(17-3)13(9-11)10-14-6-4-5-7-16-14/h8-9,14,16H,4-7,10H2,1-3H3. The van der Waals surface area contributed by atoms with Gasteiger partial charge in [-0.1, -0.05) is 24.1 Å². The minimum Gasteiger partial charge on any atom is -0.496 e. The summed E-state index contributed by atoms with van der Waals surface area (Å²) in [6.07, 6.45) is 5.05. The molecular weight excluding hydrogens is 210 g/mol. The maximum absolute atomic E-state index is 5.54. The van der Waals surface area contributed by atoms with Gasteiger partial charge in [0.15, 0.2) is 0 Å². The Hall–Kier alpha value is -1.02. The molecule has 1 fully saturated rings. The summed E-state index contributed by atoms with van der Waals surface area (Å²) in [7, 11) is 1.77. The molecule has 1 aromatic rings. The van der Waals surface area contributed by atoms with Gasteiger partial charge in [0.05, 0.1) is 7.11 Å². The lowest BCUT2D eigenvalue weighted by molar-refractivity contribution is 0.380. The summed E-state index contributed by atoms with van der Waals surface area (Å²) in [6.45, 7) is 5.45. The van der Waals surface area contributed by atoms with Gasteiger partial charge >= 0.3 is 0 Å². The van der Waals surface area contributed by atoms with E-state index in [2.05, 4.69) is 31.3 Å². The average Bonchev–Trinajstić information content (AvgIpc) is 2.30. The molecule has 0 amide bonds. The fraction of sp³-hybridized carbons (Fsp3) is 0.600. The molecule has 2 rings (SSSR count). The maximum atomic E-state index is 5.54. The van der Waals surface area contributed by atoms with Crippen molar-refractivity contribution in [3.8, 4) is 5.75 Å². The first-order valence-corrected chi connectivity index (χ1v) is 6.58. The first-order valence-electron chi connectivity index (χ1n) is 6.58. The van der Waals surface area contributed by atoms with Gasteiger partial charge in [0.1, 0.15) is 5.75 Å². The molecule has 0 bridgehead atoms. The summed E-state index contributed by atoms with van der Waals surface area (Å²) < 4.78 is 5.54. The highest BCUT2D eigenvalue weighted by Crippen LogP contribution is 2.27. The fourth-order valence-electron chi connectivity index (χ4n) is 2.85. The van der Waals surface area contributed by atoms with Crippen LogP contribution < -0.4 is 10.1 Å². The van der Waals surface area contributed by atoms with Gasteiger partial charge in [0.2, 0.25) is 0 Å². The SMILES string of the molecule is COc1c(C)cc(C)cc1CC1CCCCN1. The lowest BCUT2D eigenvalue weighted by atomic mass is 9.95. The molecule has 1 atom stereocenters. The van der Waals surface area contributed by atoms with Crippen molar-refractivity contribution in [2.24, 2.45) is 0 Å². The van der Waals surface area contributed by atoms with Crippen molar-refractivity contribution >= 4 is 0 Å². The van der Waals surface area contributed by atoms with E-state index < -0.39 is 0 Å². The Labute approximate surface area is 104 Å². The number of benzene rings is 1. The number of nitrogens with one attached hydrogen (secondary N) is 1. The zero-order valence-corrected chi connectivity index (χ0v) is 11.2. The third-order valence-corrected chi connectivity index (χ3v) is 3.58. The number of methoxy groups -OCH3 is 1. The summed E-state index contributed by atoms with van der Waals surface area (Å²) in [5.41, 5.74) is 3.93. The van der Waals surface area contributed by atoms with Crippen LogP contribution in [0.5, 0.6) is 5.75 Å². The largest absolute Gasteiger partial charge is 0.496 e. The van der Waals surface area contributed by atoms with Gasteiger partial charge in [-0.2, -0.15) is 0 Å². The minimum atomic E-state index is 0.624. The highest BCUT2D eigenvalue weighted by Gasteiger charge is 2.16. The van der Waals surface area contributed by atoms with Crippen molar-refractivity contribution in [3.63, 3.8) is 0 Å². The lowest BCUT2D eigenvalue weighted by Gasteiger charge is -2.24. The van der Waals surface area contributed by atoms with Gasteiger partial charge in [-0.25, -0.2) is 0 Å². The number of ether oxygens (including phenoxy) is 1. The zero-order valence-electron chi connectivity index (χ0n) is 11.2. The molecule has 2 heteroatoms. The second kappa shape index (κ2) is 5.54. The first-order chi connectivity index (χ1) is 8.20. The Morgan fingerprint density at radius 1 is 1.29 bits per heavy atom. The van der Waals surface area contributed by atoms with E-state index in [4.69, 9.17) is 4.74 Å². The number of rotatable bonds is 3. The molecule has 0 saturated carbocycles. The van der Waals surface area contributed by atoms with Crippen LogP contribution in [0.1, 0.15) is 36.0 Å². The molecule has 1 aliphatic rings. The van der Waals surface area contributed by atoms with E-state index in [0.29, 0.717) is 6.04 Å². The average molecular weight is 233 g/mol. The molecule has 1 N–H and O–H groups in total. The topological polar surface area (TPSA) is 21.3 Å². The van der Waals surface area contributed by atoms with E-state index in [1.807, 2.05) is 0 Å². The normalized spacial score (nSPS) is 20.3. The van der Waals surface area contributed by atoms with Gasteiger partial charge in [-0.3, -0.25) is 0 Å². The number of piperidine rings is 1. The van der Waals surface area contributed by atoms with Crippen molar-refractivity contribution in [2.45, 2.75) is 45.6 Å². The van der Waals surface area contributed by atoms with E-state index >= 15 is 0 Å². The van der Waals surface area contributed by atoms with Crippen LogP contribution in [0.2, 0.25) is 0 Å². The lowest BCUT2D eigenvalue weighted by Crippen LogP contribution is -2.35. The molecule has 1 saturated heterocycles. The molecule has 0 aromatic heterocycles. The third-order valence-electron chi connectivity index (χ3n) is 3.58. The Morgan fingerprint density at radius 3 is 2.76 bits per heavy atom. The van der Waals surface area contributed by atoms with Crippen molar-refractivity contribution < 1.29 is 4.74 Å². The van der Waals surface area contributed by atoms with Crippen LogP contribution in [0.4, 0.5) is 0 Å². The molecule has 17 heavy (non-hydrogen) atoms. The minimum absolute atomic E-state index is 0.624. The van der Waals surface area contributed by atoms with Crippen LogP contribution in [0.3, 0.4) is 0 Å². The molecule has 1 aromatic carbocycles. The van der Waals surface area contributed by atoms with Gasteiger partial charge in [-0.15, -0.1) is 0 Å². The van der Waals surface area contributed by atoms with Crippen LogP contribution in [0.25, 0.3) is 0 Å². The van der Waals surface area contributed by atoms with E-state index in [-0.39, 0.29) is 0 Å². The predicted octanol–water partition coefficient (Wildman–Crippen LogP) is 3.00. The predicted molar refractivity (Wildman–Crippen MR) is 71.8 cm³/mol. The van der Waals surface area contributed by atoms with Crippen molar-refractivity contribution in [2.75, 3.05) is 13.7 Å². The monoisotopic (exact) mass is 233 g/mol. The Morgan fingerprint density at radius 2 is 2.12 bits per heavy atom. The van der Waals surface area contributed by atoms with Crippen LogP contribution in [-0.4, -0.2) is 19.7 Å². The molecule has 0 aliphatic carbocycles. The van der Waals surface area contributed by atoms with Crippen LogP contribution in [0, 0.1) is 13.8 Å². The molecule has 1 heterocycles. The van der Waals surface area contributed by atoms with Crippen molar-refractivity contribution in [1.29, 1.82) is 0 Å². The second-order valence-corrected chi connectivity index (χ2v) is 5.13. The van der Waals surface area contributed by atoms with Crippen LogP contribution in [-0.2, 0) is 6.42 Å². The Balaban J connectivity index is 2.18. The van der Waals surface area contributed by atoms with E-state index in [1.165, 1.54) is 36.0 Å². The molecule has 1 aliphatic heterocycles. The van der Waals surface area contributed by atoms with Crippen molar-refractivity contribution in [3.05, 3.63) is 28.8 Å². The molecule has 0 radical (unpaired) electrons. The summed E-state index contributed by atoms with van der Waals surface area (Å²) in [5.74, 6) is 1.07. The zero-order chi connectivity index (χ0) is 12.3. The molecular formula is C15H23NO. The van der Waals surface area contributed by atoms with Gasteiger partial charge in [-0.05, 0) is 50.8 Å². The summed E-state index contributed by atoms with van der Waals surface area (Å²) in [6, 6.07) is 5.08. The number of aryl methyl sites for hydroxylation is 2. The summed E-state index contributed by atoms with van der Waals surface area (Å²) >= 11 is 0. The fourth-order valence-corrected chi connectivity index (χ4v) is 2.85. The Bertz CT molecular complexity index is 381. The van der Waals surface area contributed by atoms with Gasteiger partial charge in [0, 0.05) is 6.04 Å². The highest BCUT2D eigenvalue weighted by atomic mass is 16.5. The number of hydrogen-bond acceptors (Lipinski definition) is 2. The summed E-state index contributed by atoms with van der Waals surface area (Å²) in [4.78, 5) is 0. The van der Waals surface area contributed by atoms with Gasteiger partial charge in [0.25, 0.3) is 0 Å². The van der Waals surface area contributed by atoms with Crippen LogP contribution >= 0.6 is 0 Å². The smallest absolute Gasteiger partial charge is 0.125 e. The van der Waals surface area contributed by atoms with Gasteiger partial charge < -0.3 is 10.1 Å². The maximum Gasteiger partial charge on any atom is 0.125 e. The highest BCUT2D eigenvalue weighted by molar-refractivity contribution is 5.44. The molecule has 94 valence electrons. The van der Waals surface area contributed by atoms with E-state index in [9.17, 15) is 0 Å². The quantitative estimate of drug-likeness (QED) is 0.866. The third kappa shape index (κ3) is 3.01. The van der Waals surface area contributed by atoms with Crippen molar-refractivity contribution in [1.82, 2.24) is 5.32 Å². The first kappa shape index (κ1) is 12.4. The Kier molecular flexibility index (Phi) is 4.06. The second-order valence-electron chi connectivity index (χ2n) is 5.13. The molecule has 1 unspecified atom stereocenters. The number of hydrogen-bond donors (Lipinski definition) is 1. The molecule has 0 spiro atoms. The van der Waals surface area contributed by atoms with E-state index in [1.54, 1.807) is 7.11 Å². The van der Waals surface area contributed by atoms with Crippen LogP contribution in [0.15, 0.2) is 12.1 Å². The van der Waals surface area contributed by atoms with E-state index in [0.717, 1.165) is 18.7 Å².